The summed E-state index contributed by atoms with van der Waals surface area (Å²) in [4.78, 5) is 0. The first-order valence-corrected chi connectivity index (χ1v) is 17.0. The van der Waals surface area contributed by atoms with Crippen LogP contribution in [0.5, 0.6) is 0 Å². The molecular formula is C44H43N3O. The van der Waals surface area contributed by atoms with Crippen molar-refractivity contribution in [3.05, 3.63) is 169 Å². The summed E-state index contributed by atoms with van der Waals surface area (Å²) in [6, 6.07) is 33.7. The van der Waals surface area contributed by atoms with Gasteiger partial charge in [-0.2, -0.15) is 0 Å². The average molecular weight is 630 g/mol. The summed E-state index contributed by atoms with van der Waals surface area (Å²) in [7, 11) is 1.99. The molecule has 0 spiro atoms. The molecule has 0 amide bonds. The number of allylic oxidation sites excluding steroid dienone is 9. The summed E-state index contributed by atoms with van der Waals surface area (Å²) in [6.45, 7) is 5.40. The maximum Gasteiger partial charge on any atom is 0.136 e. The molecule has 1 aromatic heterocycles. The van der Waals surface area contributed by atoms with Crippen molar-refractivity contribution < 1.29 is 4.42 Å². The molecule has 2 atom stereocenters. The number of furan rings is 1. The van der Waals surface area contributed by atoms with E-state index in [4.69, 9.17) is 4.42 Å². The second kappa shape index (κ2) is 14.6. The number of hydrogen-bond donors (Lipinski definition) is 2. The number of para-hydroxylation sites is 2. The first-order chi connectivity index (χ1) is 23.6. The number of rotatable bonds is 12. The van der Waals surface area contributed by atoms with Crippen molar-refractivity contribution in [1.82, 2.24) is 5.43 Å². The topological polar surface area (TPSA) is 40.4 Å². The monoisotopic (exact) mass is 629 g/mol. The van der Waals surface area contributed by atoms with Crippen molar-refractivity contribution in [3.63, 3.8) is 0 Å². The van der Waals surface area contributed by atoms with Gasteiger partial charge in [-0.05, 0) is 103 Å². The maximum atomic E-state index is 6.12. The van der Waals surface area contributed by atoms with Gasteiger partial charge in [0.05, 0.1) is 5.69 Å². The third-order valence-electron chi connectivity index (χ3n) is 9.49. The van der Waals surface area contributed by atoms with Gasteiger partial charge in [-0.15, -0.1) is 0 Å². The standard InChI is InChI=1S/C44H43N3O/c1-32(35-13-10-14-36(28-35)34-23-21-33(22-24-34)31-47(45-2)40-17-4-3-5-18-40)12-8-9-27-46-39-16-11-15-37(29-39)38-25-26-42-41-19-6-7-20-43(41)48-44(42)30-38/h3-7,9-11,13-21,23-27,29-30,33,36,45-46H,1,8,12,22,28,31H2,2H3/b27-9-. The molecule has 5 aromatic rings. The summed E-state index contributed by atoms with van der Waals surface area (Å²) >= 11 is 0. The van der Waals surface area contributed by atoms with Crippen LogP contribution in [0, 0.1) is 11.8 Å². The van der Waals surface area contributed by atoms with Gasteiger partial charge in [-0.3, -0.25) is 0 Å². The fourth-order valence-electron chi connectivity index (χ4n) is 6.78. The summed E-state index contributed by atoms with van der Waals surface area (Å²) in [5.41, 5.74) is 13.7. The summed E-state index contributed by atoms with van der Waals surface area (Å²) in [6.07, 6.45) is 22.2. The van der Waals surface area contributed by atoms with Crippen molar-refractivity contribution in [2.75, 3.05) is 23.9 Å². The molecule has 0 fully saturated rings. The van der Waals surface area contributed by atoms with Gasteiger partial charge in [0.25, 0.3) is 0 Å². The zero-order valence-corrected chi connectivity index (χ0v) is 27.6. The predicted molar refractivity (Wildman–Crippen MR) is 204 cm³/mol. The van der Waals surface area contributed by atoms with Crippen LogP contribution in [0.3, 0.4) is 0 Å². The van der Waals surface area contributed by atoms with E-state index in [1.165, 1.54) is 22.4 Å². The number of hydrogen-bond acceptors (Lipinski definition) is 4. The van der Waals surface area contributed by atoms with E-state index in [-0.39, 0.29) is 0 Å². The number of anilines is 2. The van der Waals surface area contributed by atoms with Gasteiger partial charge >= 0.3 is 0 Å². The smallest absolute Gasteiger partial charge is 0.136 e. The second-order valence-electron chi connectivity index (χ2n) is 12.7. The van der Waals surface area contributed by atoms with Gasteiger partial charge in [0.1, 0.15) is 11.2 Å². The van der Waals surface area contributed by atoms with Gasteiger partial charge in [-0.1, -0.05) is 109 Å². The first kappa shape index (κ1) is 31.3. The molecule has 4 heteroatoms. The van der Waals surface area contributed by atoms with Crippen LogP contribution in [0.25, 0.3) is 33.1 Å². The van der Waals surface area contributed by atoms with Gasteiger partial charge in [-0.25, -0.2) is 5.43 Å². The van der Waals surface area contributed by atoms with Crippen molar-refractivity contribution >= 4 is 33.3 Å². The van der Waals surface area contributed by atoms with Gasteiger partial charge in [0.15, 0.2) is 0 Å². The van der Waals surface area contributed by atoms with E-state index in [0.29, 0.717) is 11.8 Å². The van der Waals surface area contributed by atoms with Crippen LogP contribution in [-0.2, 0) is 0 Å². The Kier molecular flexibility index (Phi) is 9.53. The molecule has 7 rings (SSSR count). The molecule has 0 saturated heterocycles. The number of nitrogens with zero attached hydrogens (tertiary/aromatic N) is 1. The van der Waals surface area contributed by atoms with Crippen LogP contribution < -0.4 is 15.8 Å². The van der Waals surface area contributed by atoms with E-state index in [2.05, 4.69) is 150 Å². The molecule has 2 aliphatic carbocycles. The van der Waals surface area contributed by atoms with E-state index in [0.717, 1.165) is 71.0 Å². The van der Waals surface area contributed by atoms with Crippen LogP contribution in [0.15, 0.2) is 174 Å². The fourth-order valence-corrected chi connectivity index (χ4v) is 6.78. The quantitative estimate of drug-likeness (QED) is 0.135. The highest BCUT2D eigenvalue weighted by atomic mass is 16.3. The van der Waals surface area contributed by atoms with E-state index < -0.39 is 0 Å². The number of hydrazine groups is 1. The number of fused-ring (bicyclic) bond motifs is 3. The molecule has 48 heavy (non-hydrogen) atoms. The molecule has 0 bridgehead atoms. The van der Waals surface area contributed by atoms with Gasteiger partial charge in [0.2, 0.25) is 0 Å². The second-order valence-corrected chi connectivity index (χ2v) is 12.7. The first-order valence-electron chi connectivity index (χ1n) is 17.0. The largest absolute Gasteiger partial charge is 0.456 e. The molecule has 2 unspecified atom stereocenters. The van der Waals surface area contributed by atoms with Crippen LogP contribution in [0.2, 0.25) is 0 Å². The lowest BCUT2D eigenvalue weighted by atomic mass is 9.81. The Morgan fingerprint density at radius 1 is 0.896 bits per heavy atom. The molecule has 0 saturated carbocycles. The van der Waals surface area contributed by atoms with Crippen LogP contribution >= 0.6 is 0 Å². The summed E-state index contributed by atoms with van der Waals surface area (Å²) < 4.78 is 6.12. The van der Waals surface area contributed by atoms with Crippen molar-refractivity contribution in [2.45, 2.75) is 25.7 Å². The molecule has 240 valence electrons. The highest BCUT2D eigenvalue weighted by Crippen LogP contribution is 2.35. The lowest BCUT2D eigenvalue weighted by molar-refractivity contribution is 0.573. The highest BCUT2D eigenvalue weighted by molar-refractivity contribution is 6.05. The lowest BCUT2D eigenvalue weighted by Crippen LogP contribution is -2.38. The summed E-state index contributed by atoms with van der Waals surface area (Å²) in [5, 5.41) is 7.99. The highest BCUT2D eigenvalue weighted by Gasteiger charge is 2.20. The Balaban J connectivity index is 0.885. The Labute approximate surface area is 284 Å². The van der Waals surface area contributed by atoms with Crippen molar-refractivity contribution in [2.24, 2.45) is 11.8 Å². The minimum absolute atomic E-state index is 0.408. The SMILES string of the molecule is C=C(CC/C=C\Nc1cccc(-c2ccc3c(c2)oc2ccccc23)c1)C1=CC=CC(C2=CCC(CN(NC)c3ccccc3)C=C2)C1. The molecule has 2 N–H and O–H groups in total. The predicted octanol–water partition coefficient (Wildman–Crippen LogP) is 11.2. The minimum Gasteiger partial charge on any atom is -0.456 e. The normalized spacial score (nSPS) is 17.5. The number of benzene rings is 4. The van der Waals surface area contributed by atoms with Crippen LogP contribution in [0.4, 0.5) is 11.4 Å². The van der Waals surface area contributed by atoms with Crippen molar-refractivity contribution in [1.29, 1.82) is 0 Å². The third kappa shape index (κ3) is 7.15. The van der Waals surface area contributed by atoms with E-state index in [1.54, 1.807) is 0 Å². The Bertz CT molecular complexity index is 2060. The lowest BCUT2D eigenvalue weighted by Gasteiger charge is -2.29. The minimum atomic E-state index is 0.408. The van der Waals surface area contributed by atoms with Crippen LogP contribution in [-0.4, -0.2) is 13.6 Å². The van der Waals surface area contributed by atoms with E-state index in [1.807, 2.05) is 25.4 Å². The van der Waals surface area contributed by atoms with Gasteiger partial charge < -0.3 is 14.7 Å². The van der Waals surface area contributed by atoms with E-state index >= 15 is 0 Å². The zero-order chi connectivity index (χ0) is 32.7. The molecule has 1 heterocycles. The number of nitrogens with one attached hydrogen (secondary N) is 2. The molecule has 2 aliphatic rings. The Morgan fingerprint density at radius 3 is 2.58 bits per heavy atom. The third-order valence-corrected chi connectivity index (χ3v) is 9.49. The fraction of sp³-hybridized carbons (Fsp3) is 0.182. The molecule has 4 aromatic carbocycles. The molecule has 0 aliphatic heterocycles. The molecule has 4 nitrogen and oxygen atoms in total. The molecular weight excluding hydrogens is 587 g/mol. The van der Waals surface area contributed by atoms with E-state index in [9.17, 15) is 0 Å². The zero-order valence-electron chi connectivity index (χ0n) is 27.6. The average Bonchev–Trinajstić information content (AvgIpc) is 3.52. The summed E-state index contributed by atoms with van der Waals surface area (Å²) in [5.74, 6) is 0.888. The van der Waals surface area contributed by atoms with Crippen molar-refractivity contribution in [3.8, 4) is 11.1 Å². The Morgan fingerprint density at radius 2 is 1.73 bits per heavy atom. The van der Waals surface area contributed by atoms with Gasteiger partial charge in [0, 0.05) is 36.0 Å². The Hall–Kier alpha value is -5.32. The maximum absolute atomic E-state index is 6.12. The molecule has 0 radical (unpaired) electrons. The van der Waals surface area contributed by atoms with Crippen LogP contribution in [0.1, 0.15) is 25.7 Å².